The largest absolute Gasteiger partial charge is 0.366 e. The summed E-state index contributed by atoms with van der Waals surface area (Å²) < 4.78 is 6.04. The molecule has 1 aromatic carbocycles. The van der Waals surface area contributed by atoms with Crippen LogP contribution in [-0.2, 0) is 4.74 Å². The molecule has 2 rings (SSSR count). The fourth-order valence-electron chi connectivity index (χ4n) is 2.72. The van der Waals surface area contributed by atoms with Crippen molar-refractivity contribution in [2.75, 3.05) is 13.1 Å². The van der Waals surface area contributed by atoms with Gasteiger partial charge in [0.25, 0.3) is 0 Å². The van der Waals surface area contributed by atoms with Gasteiger partial charge in [0.15, 0.2) is 0 Å². The Hall–Kier alpha value is -1.35. The molecule has 3 nitrogen and oxygen atoms in total. The topological polar surface area (TPSA) is 36.3 Å². The molecule has 3 heteroatoms. The summed E-state index contributed by atoms with van der Waals surface area (Å²) >= 11 is 0. The number of nitrogens with zero attached hydrogens (tertiary/aromatic N) is 1. The van der Waals surface area contributed by atoms with Crippen molar-refractivity contribution in [2.45, 2.75) is 38.9 Å². The molecule has 0 spiro atoms. The summed E-state index contributed by atoms with van der Waals surface area (Å²) in [5.41, 5.74) is 0.525. The summed E-state index contributed by atoms with van der Waals surface area (Å²) in [6.45, 7) is 9.84. The van der Waals surface area contributed by atoms with Gasteiger partial charge < -0.3 is 9.64 Å². The van der Waals surface area contributed by atoms with E-state index in [0.29, 0.717) is 5.84 Å². The maximum Gasteiger partial charge on any atom is 0.128 e. The molecule has 0 bridgehead atoms. The van der Waals surface area contributed by atoms with Crippen LogP contribution in [0.15, 0.2) is 30.3 Å². The van der Waals surface area contributed by atoms with Crippen LogP contribution in [0.4, 0.5) is 0 Å². The van der Waals surface area contributed by atoms with Crippen LogP contribution in [0.5, 0.6) is 0 Å². The van der Waals surface area contributed by atoms with E-state index in [0.717, 1.165) is 18.7 Å². The number of hydrogen-bond acceptors (Lipinski definition) is 2. The first-order chi connectivity index (χ1) is 8.29. The molecule has 1 heterocycles. The SMILES string of the molecule is CC1(C)CN(C(=N)c2ccccc2)CC(C)(C)O1. The van der Waals surface area contributed by atoms with E-state index < -0.39 is 0 Å². The zero-order chi connectivity index (χ0) is 13.4. The van der Waals surface area contributed by atoms with Crippen molar-refractivity contribution in [3.8, 4) is 0 Å². The summed E-state index contributed by atoms with van der Waals surface area (Å²) in [6, 6.07) is 9.89. The lowest BCUT2D eigenvalue weighted by Crippen LogP contribution is -2.58. The van der Waals surface area contributed by atoms with Crippen molar-refractivity contribution >= 4 is 5.84 Å². The quantitative estimate of drug-likeness (QED) is 0.611. The molecule has 1 saturated heterocycles. The second-order valence-corrected chi connectivity index (χ2v) is 6.19. The van der Waals surface area contributed by atoms with Crippen LogP contribution < -0.4 is 0 Å². The molecule has 98 valence electrons. The molecule has 1 aliphatic heterocycles. The zero-order valence-corrected chi connectivity index (χ0v) is 11.7. The van der Waals surface area contributed by atoms with Gasteiger partial charge in [-0.15, -0.1) is 0 Å². The zero-order valence-electron chi connectivity index (χ0n) is 11.7. The van der Waals surface area contributed by atoms with Crippen LogP contribution in [0.2, 0.25) is 0 Å². The molecule has 0 saturated carbocycles. The minimum Gasteiger partial charge on any atom is -0.366 e. The molecule has 0 aliphatic carbocycles. The lowest BCUT2D eigenvalue weighted by molar-refractivity contribution is -0.167. The van der Waals surface area contributed by atoms with Crippen LogP contribution in [-0.4, -0.2) is 35.0 Å². The maximum absolute atomic E-state index is 8.35. The number of rotatable bonds is 1. The Balaban J connectivity index is 2.21. The van der Waals surface area contributed by atoms with Crippen LogP contribution in [0.3, 0.4) is 0 Å². The van der Waals surface area contributed by atoms with E-state index >= 15 is 0 Å². The molecule has 18 heavy (non-hydrogen) atoms. The second kappa shape index (κ2) is 4.39. The van der Waals surface area contributed by atoms with Gasteiger partial charge in [-0.05, 0) is 27.7 Å². The molecule has 0 aromatic heterocycles. The Morgan fingerprint density at radius 1 is 1.06 bits per heavy atom. The van der Waals surface area contributed by atoms with Gasteiger partial charge in [-0.2, -0.15) is 0 Å². The van der Waals surface area contributed by atoms with Gasteiger partial charge in [0.05, 0.1) is 11.2 Å². The van der Waals surface area contributed by atoms with E-state index in [1.165, 1.54) is 0 Å². The lowest BCUT2D eigenvalue weighted by atomic mass is 9.98. The molecular formula is C15H22N2O. The molecule has 1 N–H and O–H groups in total. The normalized spacial score (nSPS) is 21.7. The standard InChI is InChI=1S/C15H22N2O/c1-14(2)10-17(11-15(3,4)18-14)13(16)12-8-6-5-7-9-12/h5-9,16H,10-11H2,1-4H3. The van der Waals surface area contributed by atoms with E-state index in [1.807, 2.05) is 30.3 Å². The van der Waals surface area contributed by atoms with Crippen LogP contribution in [0.1, 0.15) is 33.3 Å². The highest BCUT2D eigenvalue weighted by molar-refractivity contribution is 5.96. The number of benzene rings is 1. The molecule has 0 amide bonds. The first-order valence-electron chi connectivity index (χ1n) is 6.38. The predicted octanol–water partition coefficient (Wildman–Crippen LogP) is 2.90. The average Bonchev–Trinajstić information content (AvgIpc) is 2.25. The number of morpholine rings is 1. The Morgan fingerprint density at radius 3 is 2.06 bits per heavy atom. The maximum atomic E-state index is 8.35. The summed E-state index contributed by atoms with van der Waals surface area (Å²) in [4.78, 5) is 2.11. The van der Waals surface area contributed by atoms with Gasteiger partial charge in [-0.25, -0.2) is 0 Å². The summed E-state index contributed by atoms with van der Waals surface area (Å²) in [5, 5.41) is 8.35. The molecular weight excluding hydrogens is 224 g/mol. The number of hydrogen-bond donors (Lipinski definition) is 1. The van der Waals surface area contributed by atoms with Crippen molar-refractivity contribution in [2.24, 2.45) is 0 Å². The molecule has 1 fully saturated rings. The van der Waals surface area contributed by atoms with Crippen molar-refractivity contribution < 1.29 is 4.74 Å². The van der Waals surface area contributed by atoms with Gasteiger partial charge in [0, 0.05) is 18.7 Å². The highest BCUT2D eigenvalue weighted by Gasteiger charge is 2.39. The predicted molar refractivity (Wildman–Crippen MR) is 74.1 cm³/mol. The van der Waals surface area contributed by atoms with Gasteiger partial charge >= 0.3 is 0 Å². The molecule has 0 radical (unpaired) electrons. The van der Waals surface area contributed by atoms with Crippen LogP contribution in [0, 0.1) is 5.41 Å². The van der Waals surface area contributed by atoms with E-state index in [2.05, 4.69) is 32.6 Å². The third kappa shape index (κ3) is 2.91. The summed E-state index contributed by atoms with van der Waals surface area (Å²) in [6.07, 6.45) is 0. The molecule has 0 atom stereocenters. The monoisotopic (exact) mass is 246 g/mol. The highest BCUT2D eigenvalue weighted by Crippen LogP contribution is 2.28. The summed E-state index contributed by atoms with van der Waals surface area (Å²) in [5.74, 6) is 0.583. The lowest BCUT2D eigenvalue weighted by Gasteiger charge is -2.48. The Kier molecular flexibility index (Phi) is 3.20. The Bertz CT molecular complexity index is 421. The Labute approximate surface area is 109 Å². The Morgan fingerprint density at radius 2 is 1.56 bits per heavy atom. The first kappa shape index (κ1) is 13.1. The third-order valence-corrected chi connectivity index (χ3v) is 3.06. The fraction of sp³-hybridized carbons (Fsp3) is 0.533. The smallest absolute Gasteiger partial charge is 0.128 e. The molecule has 1 aliphatic rings. The average molecular weight is 246 g/mol. The van der Waals surface area contributed by atoms with E-state index in [9.17, 15) is 0 Å². The number of amidine groups is 1. The van der Waals surface area contributed by atoms with Gasteiger partial charge in [-0.1, -0.05) is 30.3 Å². The van der Waals surface area contributed by atoms with Gasteiger partial charge in [0.1, 0.15) is 5.84 Å². The van der Waals surface area contributed by atoms with Crippen LogP contribution >= 0.6 is 0 Å². The number of nitrogens with one attached hydrogen (secondary N) is 1. The minimum atomic E-state index is -0.219. The van der Waals surface area contributed by atoms with E-state index in [4.69, 9.17) is 10.1 Å². The van der Waals surface area contributed by atoms with Crippen molar-refractivity contribution in [1.82, 2.24) is 4.90 Å². The summed E-state index contributed by atoms with van der Waals surface area (Å²) in [7, 11) is 0. The third-order valence-electron chi connectivity index (χ3n) is 3.06. The highest BCUT2D eigenvalue weighted by atomic mass is 16.5. The van der Waals surface area contributed by atoms with Crippen molar-refractivity contribution in [3.05, 3.63) is 35.9 Å². The van der Waals surface area contributed by atoms with Crippen molar-refractivity contribution in [3.63, 3.8) is 0 Å². The second-order valence-electron chi connectivity index (χ2n) is 6.19. The van der Waals surface area contributed by atoms with E-state index in [-0.39, 0.29) is 11.2 Å². The first-order valence-corrected chi connectivity index (χ1v) is 6.38. The number of ether oxygens (including phenoxy) is 1. The van der Waals surface area contributed by atoms with Gasteiger partial charge in [0.2, 0.25) is 0 Å². The van der Waals surface area contributed by atoms with Crippen LogP contribution in [0.25, 0.3) is 0 Å². The molecule has 1 aromatic rings. The van der Waals surface area contributed by atoms with E-state index in [1.54, 1.807) is 0 Å². The fourth-order valence-corrected chi connectivity index (χ4v) is 2.72. The minimum absolute atomic E-state index is 0.219. The van der Waals surface area contributed by atoms with Gasteiger partial charge in [-0.3, -0.25) is 5.41 Å². The molecule has 0 unspecified atom stereocenters. The van der Waals surface area contributed by atoms with Crippen molar-refractivity contribution in [1.29, 1.82) is 5.41 Å².